The van der Waals surface area contributed by atoms with Crippen molar-refractivity contribution in [3.05, 3.63) is 59.9 Å². The molecule has 122 valence electrons. The van der Waals surface area contributed by atoms with Crippen molar-refractivity contribution in [2.75, 3.05) is 18.4 Å². The average Bonchev–Trinajstić information content (AvgIpc) is 2.58. The molecule has 0 aliphatic carbocycles. The Balaban J connectivity index is 1.79. The lowest BCUT2D eigenvalue weighted by molar-refractivity contribution is 0.0944. The minimum absolute atomic E-state index is 0.119. The number of hydrogen-bond donors (Lipinski definition) is 2. The van der Waals surface area contributed by atoms with E-state index < -0.39 is 0 Å². The summed E-state index contributed by atoms with van der Waals surface area (Å²) in [5, 5.41) is 6.24. The number of carbonyl (C=O) groups is 1. The molecule has 0 aliphatic rings. The fraction of sp³-hybridized carbons (Fsp3) is 0.368. The van der Waals surface area contributed by atoms with E-state index >= 15 is 0 Å². The molecule has 1 aromatic heterocycles. The summed E-state index contributed by atoms with van der Waals surface area (Å²) in [6, 6.07) is 14.1. The van der Waals surface area contributed by atoms with Crippen LogP contribution in [0.2, 0.25) is 0 Å². The van der Waals surface area contributed by atoms with E-state index in [-0.39, 0.29) is 5.91 Å². The number of nitrogens with one attached hydrogen (secondary N) is 2. The van der Waals surface area contributed by atoms with Gasteiger partial charge in [0.2, 0.25) is 0 Å². The van der Waals surface area contributed by atoms with E-state index in [1.54, 1.807) is 12.3 Å². The molecule has 0 fully saturated rings. The predicted octanol–water partition coefficient (Wildman–Crippen LogP) is 3.51. The smallest absolute Gasteiger partial charge is 0.269 e. The Hall–Kier alpha value is -2.36. The first-order valence-electron chi connectivity index (χ1n) is 8.17. The quantitative estimate of drug-likeness (QED) is 0.734. The van der Waals surface area contributed by atoms with Gasteiger partial charge in [0.1, 0.15) is 5.69 Å². The monoisotopic (exact) mass is 311 g/mol. The van der Waals surface area contributed by atoms with Crippen LogP contribution in [-0.2, 0) is 6.42 Å². The summed E-state index contributed by atoms with van der Waals surface area (Å²) in [6.45, 7) is 5.66. The Kier molecular flexibility index (Phi) is 6.60. The van der Waals surface area contributed by atoms with Gasteiger partial charge in [0.25, 0.3) is 5.91 Å². The molecule has 4 nitrogen and oxygen atoms in total. The van der Waals surface area contributed by atoms with Crippen LogP contribution >= 0.6 is 0 Å². The number of anilines is 1. The Bertz CT molecular complexity index is 611. The third-order valence-corrected chi connectivity index (χ3v) is 3.48. The van der Waals surface area contributed by atoms with Gasteiger partial charge in [0.05, 0.1) is 0 Å². The largest absolute Gasteiger partial charge is 0.385 e. The van der Waals surface area contributed by atoms with Crippen LogP contribution in [0.1, 0.15) is 36.3 Å². The standard InChI is InChI=1S/C19H25N3O/c1-15(2)14-22-19(23)18-13-17(10-12-21-18)20-11-6-9-16-7-4-3-5-8-16/h3-5,7-8,10,12-13,15H,6,9,11,14H2,1-2H3,(H,20,21)(H,22,23). The van der Waals surface area contributed by atoms with Crippen molar-refractivity contribution in [2.24, 2.45) is 5.92 Å². The number of rotatable bonds is 8. The lowest BCUT2D eigenvalue weighted by Crippen LogP contribution is -2.28. The molecule has 0 spiro atoms. The third kappa shape index (κ3) is 6.10. The second-order valence-corrected chi connectivity index (χ2v) is 6.05. The van der Waals surface area contributed by atoms with Gasteiger partial charge in [0, 0.05) is 25.0 Å². The van der Waals surface area contributed by atoms with Crippen LogP contribution in [0.4, 0.5) is 5.69 Å². The van der Waals surface area contributed by atoms with Crippen LogP contribution in [0, 0.1) is 5.92 Å². The molecule has 4 heteroatoms. The van der Waals surface area contributed by atoms with Crippen molar-refractivity contribution in [1.82, 2.24) is 10.3 Å². The van der Waals surface area contributed by atoms with E-state index in [4.69, 9.17) is 0 Å². The summed E-state index contributed by atoms with van der Waals surface area (Å²) in [5.41, 5.74) is 2.74. The number of benzene rings is 1. The maximum atomic E-state index is 12.0. The van der Waals surface area contributed by atoms with E-state index in [2.05, 4.69) is 53.7 Å². The average molecular weight is 311 g/mol. The number of carbonyl (C=O) groups excluding carboxylic acids is 1. The topological polar surface area (TPSA) is 54.0 Å². The van der Waals surface area contributed by atoms with Gasteiger partial charge in [-0.2, -0.15) is 0 Å². The molecule has 2 aromatic rings. The fourth-order valence-corrected chi connectivity index (χ4v) is 2.22. The first kappa shape index (κ1) is 17.0. The van der Waals surface area contributed by atoms with Gasteiger partial charge in [-0.25, -0.2) is 0 Å². The number of aryl methyl sites for hydroxylation is 1. The van der Waals surface area contributed by atoms with Crippen LogP contribution in [0.5, 0.6) is 0 Å². The summed E-state index contributed by atoms with van der Waals surface area (Å²) < 4.78 is 0. The highest BCUT2D eigenvalue weighted by Crippen LogP contribution is 2.09. The highest BCUT2D eigenvalue weighted by Gasteiger charge is 2.08. The summed E-state index contributed by atoms with van der Waals surface area (Å²) in [7, 11) is 0. The summed E-state index contributed by atoms with van der Waals surface area (Å²) in [6.07, 6.45) is 3.76. The maximum Gasteiger partial charge on any atom is 0.269 e. The zero-order chi connectivity index (χ0) is 16.5. The third-order valence-electron chi connectivity index (χ3n) is 3.48. The van der Waals surface area contributed by atoms with Gasteiger partial charge < -0.3 is 10.6 Å². The van der Waals surface area contributed by atoms with E-state index in [1.165, 1.54) is 5.56 Å². The van der Waals surface area contributed by atoms with Crippen molar-refractivity contribution in [3.8, 4) is 0 Å². The lowest BCUT2D eigenvalue weighted by Gasteiger charge is -2.09. The minimum Gasteiger partial charge on any atom is -0.385 e. The van der Waals surface area contributed by atoms with Crippen LogP contribution in [-0.4, -0.2) is 24.0 Å². The van der Waals surface area contributed by atoms with Gasteiger partial charge in [-0.1, -0.05) is 44.2 Å². The van der Waals surface area contributed by atoms with E-state index in [1.807, 2.05) is 12.1 Å². The Morgan fingerprint density at radius 1 is 1.17 bits per heavy atom. The van der Waals surface area contributed by atoms with Crippen LogP contribution < -0.4 is 10.6 Å². The fourth-order valence-electron chi connectivity index (χ4n) is 2.22. The maximum absolute atomic E-state index is 12.0. The second-order valence-electron chi connectivity index (χ2n) is 6.05. The highest BCUT2D eigenvalue weighted by molar-refractivity contribution is 5.93. The Morgan fingerprint density at radius 3 is 2.70 bits per heavy atom. The molecule has 0 saturated heterocycles. The normalized spacial score (nSPS) is 10.6. The molecule has 23 heavy (non-hydrogen) atoms. The molecule has 2 rings (SSSR count). The zero-order valence-electron chi connectivity index (χ0n) is 13.9. The first-order chi connectivity index (χ1) is 11.1. The number of hydrogen-bond acceptors (Lipinski definition) is 3. The molecule has 0 aliphatic heterocycles. The molecule has 0 atom stereocenters. The van der Waals surface area contributed by atoms with Crippen LogP contribution in [0.25, 0.3) is 0 Å². The number of pyridine rings is 1. The molecule has 0 saturated carbocycles. The van der Waals surface area contributed by atoms with Gasteiger partial charge >= 0.3 is 0 Å². The Morgan fingerprint density at radius 2 is 1.96 bits per heavy atom. The van der Waals surface area contributed by atoms with Gasteiger partial charge in [-0.05, 0) is 36.5 Å². The second kappa shape index (κ2) is 8.93. The number of nitrogens with zero attached hydrogens (tertiary/aromatic N) is 1. The van der Waals surface area contributed by atoms with E-state index in [9.17, 15) is 4.79 Å². The molecule has 1 aromatic carbocycles. The molecule has 1 heterocycles. The van der Waals surface area contributed by atoms with Crippen molar-refractivity contribution in [3.63, 3.8) is 0 Å². The number of amides is 1. The SMILES string of the molecule is CC(C)CNC(=O)c1cc(NCCCc2ccccc2)ccn1. The summed E-state index contributed by atoms with van der Waals surface area (Å²) in [5.74, 6) is 0.310. The molecule has 2 N–H and O–H groups in total. The van der Waals surface area contributed by atoms with Crippen molar-refractivity contribution in [1.29, 1.82) is 0 Å². The van der Waals surface area contributed by atoms with Gasteiger partial charge in [0.15, 0.2) is 0 Å². The zero-order valence-corrected chi connectivity index (χ0v) is 13.9. The Labute approximate surface area is 138 Å². The highest BCUT2D eigenvalue weighted by atomic mass is 16.1. The molecular weight excluding hydrogens is 286 g/mol. The van der Waals surface area contributed by atoms with Crippen LogP contribution in [0.3, 0.4) is 0 Å². The minimum atomic E-state index is -0.119. The molecule has 1 amide bonds. The van der Waals surface area contributed by atoms with Crippen molar-refractivity contribution in [2.45, 2.75) is 26.7 Å². The van der Waals surface area contributed by atoms with Gasteiger partial charge in [-0.3, -0.25) is 9.78 Å². The first-order valence-corrected chi connectivity index (χ1v) is 8.17. The van der Waals surface area contributed by atoms with Crippen LogP contribution in [0.15, 0.2) is 48.7 Å². The molecular formula is C19H25N3O. The lowest BCUT2D eigenvalue weighted by atomic mass is 10.1. The molecule has 0 radical (unpaired) electrons. The van der Waals surface area contributed by atoms with Gasteiger partial charge in [-0.15, -0.1) is 0 Å². The predicted molar refractivity (Wildman–Crippen MR) is 94.7 cm³/mol. The van der Waals surface area contributed by atoms with Crippen molar-refractivity contribution < 1.29 is 4.79 Å². The summed E-state index contributed by atoms with van der Waals surface area (Å²) in [4.78, 5) is 16.2. The van der Waals surface area contributed by atoms with Crippen molar-refractivity contribution >= 4 is 11.6 Å². The van der Waals surface area contributed by atoms with E-state index in [0.29, 0.717) is 18.2 Å². The number of aromatic nitrogens is 1. The molecule has 0 unspecified atom stereocenters. The molecule has 0 bridgehead atoms. The summed E-state index contributed by atoms with van der Waals surface area (Å²) >= 11 is 0. The van der Waals surface area contributed by atoms with E-state index in [0.717, 1.165) is 25.1 Å².